The van der Waals surface area contributed by atoms with E-state index in [0.717, 1.165) is 13.1 Å². The molecule has 3 nitrogen and oxygen atoms in total. The van der Waals surface area contributed by atoms with E-state index >= 15 is 0 Å². The summed E-state index contributed by atoms with van der Waals surface area (Å²) in [6.07, 6.45) is 4.39. The normalized spacial score (nSPS) is 26.5. The van der Waals surface area contributed by atoms with E-state index in [0.29, 0.717) is 11.8 Å². The van der Waals surface area contributed by atoms with Crippen LogP contribution in [0.5, 0.6) is 0 Å². The van der Waals surface area contributed by atoms with Gasteiger partial charge in [0.25, 0.3) is 0 Å². The van der Waals surface area contributed by atoms with Gasteiger partial charge in [-0.05, 0) is 31.6 Å². The van der Waals surface area contributed by atoms with Gasteiger partial charge in [0.1, 0.15) is 0 Å². The summed E-state index contributed by atoms with van der Waals surface area (Å²) in [6, 6.07) is 0.00301. The van der Waals surface area contributed by atoms with Crippen molar-refractivity contribution in [1.82, 2.24) is 4.90 Å². The Bertz CT molecular complexity index is 221. The van der Waals surface area contributed by atoms with Crippen molar-refractivity contribution in [1.29, 1.82) is 0 Å². The number of rotatable bonds is 2. The van der Waals surface area contributed by atoms with Gasteiger partial charge in [-0.15, -0.1) is 0 Å². The van der Waals surface area contributed by atoms with Gasteiger partial charge in [-0.2, -0.15) is 0 Å². The molecule has 1 spiro atoms. The fourth-order valence-corrected chi connectivity index (χ4v) is 2.14. The molecule has 2 fully saturated rings. The Morgan fingerprint density at radius 3 is 2.69 bits per heavy atom. The van der Waals surface area contributed by atoms with Crippen LogP contribution in [0.2, 0.25) is 0 Å². The second-order valence-corrected chi connectivity index (χ2v) is 4.75. The molecule has 2 rings (SSSR count). The Labute approximate surface area is 79.3 Å². The van der Waals surface area contributed by atoms with E-state index in [1.165, 1.54) is 19.3 Å². The van der Waals surface area contributed by atoms with Crippen molar-refractivity contribution in [3.63, 3.8) is 0 Å². The number of nitrogens with two attached hydrogens (primary N) is 1. The third kappa shape index (κ3) is 1.85. The molecule has 1 amide bonds. The highest BCUT2D eigenvalue weighted by atomic mass is 16.2. The summed E-state index contributed by atoms with van der Waals surface area (Å²) in [4.78, 5) is 13.6. The van der Waals surface area contributed by atoms with E-state index in [2.05, 4.69) is 0 Å². The average molecular weight is 182 g/mol. The Hall–Kier alpha value is -0.570. The third-order valence-corrected chi connectivity index (χ3v) is 3.24. The second kappa shape index (κ2) is 2.98. The highest BCUT2D eigenvalue weighted by molar-refractivity contribution is 5.77. The van der Waals surface area contributed by atoms with Crippen LogP contribution in [0.4, 0.5) is 0 Å². The molecule has 1 aliphatic heterocycles. The monoisotopic (exact) mass is 182 g/mol. The summed E-state index contributed by atoms with van der Waals surface area (Å²) in [7, 11) is 0. The number of likely N-dealkylation sites (tertiary alicyclic amines) is 1. The first-order valence-electron chi connectivity index (χ1n) is 5.15. The smallest absolute Gasteiger partial charge is 0.224 e. The van der Waals surface area contributed by atoms with Crippen LogP contribution < -0.4 is 5.73 Å². The van der Waals surface area contributed by atoms with Crippen molar-refractivity contribution >= 4 is 5.91 Å². The third-order valence-electron chi connectivity index (χ3n) is 3.24. The van der Waals surface area contributed by atoms with Crippen LogP contribution in [0.1, 0.15) is 32.6 Å². The van der Waals surface area contributed by atoms with Gasteiger partial charge >= 0.3 is 0 Å². The first-order valence-corrected chi connectivity index (χ1v) is 5.15. The fraction of sp³-hybridized carbons (Fsp3) is 0.900. The Morgan fingerprint density at radius 2 is 2.23 bits per heavy atom. The van der Waals surface area contributed by atoms with E-state index < -0.39 is 0 Å². The minimum atomic E-state index is 0.00301. The van der Waals surface area contributed by atoms with Gasteiger partial charge in [0.15, 0.2) is 0 Å². The molecule has 0 aromatic carbocycles. The molecular formula is C10H18N2O. The van der Waals surface area contributed by atoms with E-state index in [-0.39, 0.29) is 11.9 Å². The molecule has 74 valence electrons. The zero-order valence-corrected chi connectivity index (χ0v) is 8.25. The lowest BCUT2D eigenvalue weighted by atomic mass is 10.1. The van der Waals surface area contributed by atoms with E-state index in [1.807, 2.05) is 11.8 Å². The Kier molecular flexibility index (Phi) is 2.06. The molecule has 1 heterocycles. The summed E-state index contributed by atoms with van der Waals surface area (Å²) < 4.78 is 0. The van der Waals surface area contributed by atoms with E-state index in [4.69, 9.17) is 5.73 Å². The molecule has 0 aromatic rings. The Morgan fingerprint density at radius 1 is 1.54 bits per heavy atom. The largest absolute Gasteiger partial charge is 0.342 e. The van der Waals surface area contributed by atoms with Crippen molar-refractivity contribution in [2.45, 2.75) is 38.6 Å². The van der Waals surface area contributed by atoms with Crippen LogP contribution in [-0.2, 0) is 4.79 Å². The fourth-order valence-electron chi connectivity index (χ4n) is 2.14. The van der Waals surface area contributed by atoms with E-state index in [1.54, 1.807) is 0 Å². The summed E-state index contributed by atoms with van der Waals surface area (Å²) in [5.74, 6) is 0.249. The van der Waals surface area contributed by atoms with Crippen LogP contribution in [0.25, 0.3) is 0 Å². The van der Waals surface area contributed by atoms with Crippen LogP contribution in [-0.4, -0.2) is 29.9 Å². The van der Waals surface area contributed by atoms with Gasteiger partial charge in [-0.3, -0.25) is 4.79 Å². The first kappa shape index (κ1) is 9.00. The topological polar surface area (TPSA) is 46.3 Å². The molecule has 0 aromatic heterocycles. The number of nitrogens with zero attached hydrogens (tertiary/aromatic N) is 1. The van der Waals surface area contributed by atoms with Crippen molar-refractivity contribution in [3.05, 3.63) is 0 Å². The minimum Gasteiger partial charge on any atom is -0.342 e. The SMILES string of the molecule is CC(N)CC(=O)N1CCC2(CC2)C1. The number of amides is 1. The average Bonchev–Trinajstić information content (AvgIpc) is 2.59. The highest BCUT2D eigenvalue weighted by Gasteiger charge is 2.48. The van der Waals surface area contributed by atoms with Gasteiger partial charge < -0.3 is 10.6 Å². The lowest BCUT2D eigenvalue weighted by molar-refractivity contribution is -0.130. The van der Waals surface area contributed by atoms with Gasteiger partial charge in [-0.1, -0.05) is 0 Å². The number of hydrogen-bond acceptors (Lipinski definition) is 2. The molecule has 1 unspecified atom stereocenters. The van der Waals surface area contributed by atoms with Gasteiger partial charge in [0.2, 0.25) is 5.91 Å². The maximum Gasteiger partial charge on any atom is 0.224 e. The number of carbonyl (C=O) groups excluding carboxylic acids is 1. The number of hydrogen-bond donors (Lipinski definition) is 1. The van der Waals surface area contributed by atoms with E-state index in [9.17, 15) is 4.79 Å². The minimum absolute atomic E-state index is 0.00301. The second-order valence-electron chi connectivity index (χ2n) is 4.75. The van der Waals surface area contributed by atoms with Crippen LogP contribution in [0, 0.1) is 5.41 Å². The molecule has 1 atom stereocenters. The molecule has 2 aliphatic rings. The highest BCUT2D eigenvalue weighted by Crippen LogP contribution is 2.52. The molecule has 1 saturated heterocycles. The standard InChI is InChI=1S/C10H18N2O/c1-8(11)6-9(13)12-5-4-10(7-12)2-3-10/h8H,2-7,11H2,1H3. The molecule has 1 aliphatic carbocycles. The molecule has 3 heteroatoms. The summed E-state index contributed by atoms with van der Waals surface area (Å²) in [5.41, 5.74) is 6.15. The van der Waals surface area contributed by atoms with Crippen LogP contribution >= 0.6 is 0 Å². The molecule has 0 radical (unpaired) electrons. The maximum atomic E-state index is 11.6. The quantitative estimate of drug-likeness (QED) is 0.684. The van der Waals surface area contributed by atoms with Crippen molar-refractivity contribution < 1.29 is 4.79 Å². The van der Waals surface area contributed by atoms with Crippen molar-refractivity contribution in [2.75, 3.05) is 13.1 Å². The zero-order chi connectivity index (χ0) is 9.47. The lowest BCUT2D eigenvalue weighted by Gasteiger charge is -2.17. The number of carbonyl (C=O) groups is 1. The van der Waals surface area contributed by atoms with Crippen LogP contribution in [0.15, 0.2) is 0 Å². The maximum absolute atomic E-state index is 11.6. The lowest BCUT2D eigenvalue weighted by Crippen LogP contribution is -2.33. The summed E-state index contributed by atoms with van der Waals surface area (Å²) in [5, 5.41) is 0. The van der Waals surface area contributed by atoms with Crippen molar-refractivity contribution in [3.8, 4) is 0 Å². The van der Waals surface area contributed by atoms with Gasteiger partial charge in [0.05, 0.1) is 0 Å². The van der Waals surface area contributed by atoms with Gasteiger partial charge in [-0.25, -0.2) is 0 Å². The predicted molar refractivity (Wildman–Crippen MR) is 51.1 cm³/mol. The Balaban J connectivity index is 1.84. The van der Waals surface area contributed by atoms with Gasteiger partial charge in [0, 0.05) is 25.6 Å². The van der Waals surface area contributed by atoms with Crippen LogP contribution in [0.3, 0.4) is 0 Å². The molecule has 0 bridgehead atoms. The molecule has 2 N–H and O–H groups in total. The zero-order valence-electron chi connectivity index (χ0n) is 8.25. The summed E-state index contributed by atoms with van der Waals surface area (Å²) >= 11 is 0. The molecule has 13 heavy (non-hydrogen) atoms. The predicted octanol–water partition coefficient (Wildman–Crippen LogP) is 0.736. The molecular weight excluding hydrogens is 164 g/mol. The summed E-state index contributed by atoms with van der Waals surface area (Å²) in [6.45, 7) is 3.85. The first-order chi connectivity index (χ1) is 6.11. The molecule has 1 saturated carbocycles. The van der Waals surface area contributed by atoms with Crippen molar-refractivity contribution in [2.24, 2.45) is 11.1 Å².